The predicted molar refractivity (Wildman–Crippen MR) is 71.2 cm³/mol. The van der Waals surface area contributed by atoms with Crippen molar-refractivity contribution in [2.24, 2.45) is 0 Å². The number of nitrogens with one attached hydrogen (secondary N) is 1. The maximum absolute atomic E-state index is 11.6. The van der Waals surface area contributed by atoms with E-state index in [0.29, 0.717) is 18.5 Å². The molecule has 0 fully saturated rings. The number of benzene rings is 1. The normalized spacial score (nSPS) is 9.94. The van der Waals surface area contributed by atoms with Gasteiger partial charge in [-0.2, -0.15) is 0 Å². The standard InChI is InChI=1S/C14H20N2O2/c1-4-5-13(17)16(3)10-11-6-8-12(9-7-11)14(18)15-2/h6-9H,4-5,10H2,1-3H3,(H,15,18). The molecular formula is C14H20N2O2. The number of nitrogens with zero attached hydrogens (tertiary/aromatic N) is 1. The fourth-order valence-electron chi connectivity index (χ4n) is 1.67. The van der Waals surface area contributed by atoms with Gasteiger partial charge in [-0.3, -0.25) is 9.59 Å². The highest BCUT2D eigenvalue weighted by Gasteiger charge is 2.08. The SMILES string of the molecule is CCCC(=O)N(C)Cc1ccc(C(=O)NC)cc1. The molecule has 0 saturated carbocycles. The van der Waals surface area contributed by atoms with E-state index in [9.17, 15) is 9.59 Å². The van der Waals surface area contributed by atoms with Crippen molar-refractivity contribution in [2.45, 2.75) is 26.3 Å². The van der Waals surface area contributed by atoms with E-state index < -0.39 is 0 Å². The maximum atomic E-state index is 11.6. The van der Waals surface area contributed by atoms with Crippen molar-refractivity contribution < 1.29 is 9.59 Å². The van der Waals surface area contributed by atoms with Crippen molar-refractivity contribution in [3.8, 4) is 0 Å². The van der Waals surface area contributed by atoms with Crippen LogP contribution in [0.25, 0.3) is 0 Å². The summed E-state index contributed by atoms with van der Waals surface area (Å²) in [5.41, 5.74) is 1.65. The average molecular weight is 248 g/mol. The molecule has 0 heterocycles. The van der Waals surface area contributed by atoms with Crippen molar-refractivity contribution in [2.75, 3.05) is 14.1 Å². The number of rotatable bonds is 5. The summed E-state index contributed by atoms with van der Waals surface area (Å²) in [7, 11) is 3.40. The first-order valence-corrected chi connectivity index (χ1v) is 6.13. The van der Waals surface area contributed by atoms with Crippen LogP contribution in [0.1, 0.15) is 35.7 Å². The highest BCUT2D eigenvalue weighted by molar-refractivity contribution is 5.93. The molecule has 0 spiro atoms. The molecule has 0 bridgehead atoms. The lowest BCUT2D eigenvalue weighted by Gasteiger charge is -2.17. The Morgan fingerprint density at radius 3 is 2.33 bits per heavy atom. The zero-order chi connectivity index (χ0) is 13.5. The summed E-state index contributed by atoms with van der Waals surface area (Å²) in [5, 5.41) is 2.57. The Labute approximate surface area is 108 Å². The third kappa shape index (κ3) is 3.87. The van der Waals surface area contributed by atoms with Gasteiger partial charge >= 0.3 is 0 Å². The molecule has 18 heavy (non-hydrogen) atoms. The summed E-state index contributed by atoms with van der Waals surface area (Å²) in [5.74, 6) is 0.0461. The van der Waals surface area contributed by atoms with E-state index in [-0.39, 0.29) is 11.8 Å². The number of hydrogen-bond acceptors (Lipinski definition) is 2. The van der Waals surface area contributed by atoms with Crippen molar-refractivity contribution in [1.29, 1.82) is 0 Å². The second-order valence-corrected chi connectivity index (χ2v) is 4.28. The van der Waals surface area contributed by atoms with Crippen LogP contribution in [-0.4, -0.2) is 30.8 Å². The van der Waals surface area contributed by atoms with Gasteiger partial charge in [0.1, 0.15) is 0 Å². The minimum atomic E-state index is -0.100. The summed E-state index contributed by atoms with van der Waals surface area (Å²) in [6.07, 6.45) is 1.44. The molecule has 4 heteroatoms. The van der Waals surface area contributed by atoms with Gasteiger partial charge in [-0.25, -0.2) is 0 Å². The monoisotopic (exact) mass is 248 g/mol. The number of hydrogen-bond donors (Lipinski definition) is 1. The van der Waals surface area contributed by atoms with Crippen LogP contribution in [0, 0.1) is 0 Å². The van der Waals surface area contributed by atoms with E-state index in [1.54, 1.807) is 31.1 Å². The van der Waals surface area contributed by atoms with E-state index in [1.807, 2.05) is 19.1 Å². The highest BCUT2D eigenvalue weighted by Crippen LogP contribution is 2.08. The molecule has 0 saturated heterocycles. The molecule has 0 atom stereocenters. The van der Waals surface area contributed by atoms with E-state index in [1.165, 1.54) is 0 Å². The maximum Gasteiger partial charge on any atom is 0.251 e. The predicted octanol–water partition coefficient (Wildman–Crippen LogP) is 1.80. The Balaban J connectivity index is 2.63. The Kier molecular flexibility index (Phi) is 5.36. The molecule has 0 aromatic heterocycles. The van der Waals surface area contributed by atoms with Gasteiger partial charge in [0.25, 0.3) is 5.91 Å². The quantitative estimate of drug-likeness (QED) is 0.864. The van der Waals surface area contributed by atoms with E-state index in [0.717, 1.165) is 12.0 Å². The van der Waals surface area contributed by atoms with Gasteiger partial charge in [0, 0.05) is 32.6 Å². The molecule has 98 valence electrons. The van der Waals surface area contributed by atoms with Gasteiger partial charge in [0.2, 0.25) is 5.91 Å². The Bertz CT molecular complexity index is 412. The third-order valence-electron chi connectivity index (χ3n) is 2.75. The fourth-order valence-corrected chi connectivity index (χ4v) is 1.67. The van der Waals surface area contributed by atoms with Gasteiger partial charge in [0.15, 0.2) is 0 Å². The lowest BCUT2D eigenvalue weighted by Crippen LogP contribution is -2.25. The Morgan fingerprint density at radius 1 is 1.22 bits per heavy atom. The van der Waals surface area contributed by atoms with Crippen LogP contribution in [0.3, 0.4) is 0 Å². The lowest BCUT2D eigenvalue weighted by atomic mass is 10.1. The zero-order valence-corrected chi connectivity index (χ0v) is 11.2. The topological polar surface area (TPSA) is 49.4 Å². The van der Waals surface area contributed by atoms with E-state index in [2.05, 4.69) is 5.32 Å². The largest absolute Gasteiger partial charge is 0.355 e. The van der Waals surface area contributed by atoms with Crippen molar-refractivity contribution >= 4 is 11.8 Å². The molecule has 1 N–H and O–H groups in total. The first-order valence-electron chi connectivity index (χ1n) is 6.13. The average Bonchev–Trinajstić information content (AvgIpc) is 2.39. The zero-order valence-electron chi connectivity index (χ0n) is 11.2. The number of amides is 2. The lowest BCUT2D eigenvalue weighted by molar-refractivity contribution is -0.130. The summed E-state index contributed by atoms with van der Waals surface area (Å²) in [4.78, 5) is 24.7. The Morgan fingerprint density at radius 2 is 1.83 bits per heavy atom. The van der Waals surface area contributed by atoms with Crippen LogP contribution in [-0.2, 0) is 11.3 Å². The summed E-state index contributed by atoms with van der Waals surface area (Å²) < 4.78 is 0. The Hall–Kier alpha value is -1.84. The first kappa shape index (κ1) is 14.2. The number of carbonyl (C=O) groups is 2. The van der Waals surface area contributed by atoms with Gasteiger partial charge < -0.3 is 10.2 Å². The third-order valence-corrected chi connectivity index (χ3v) is 2.75. The molecule has 0 aliphatic carbocycles. The highest BCUT2D eigenvalue weighted by atomic mass is 16.2. The van der Waals surface area contributed by atoms with Crippen molar-refractivity contribution in [1.82, 2.24) is 10.2 Å². The molecule has 0 aliphatic rings. The molecule has 4 nitrogen and oxygen atoms in total. The van der Waals surface area contributed by atoms with Crippen LogP contribution in [0.2, 0.25) is 0 Å². The van der Waals surface area contributed by atoms with Gasteiger partial charge in [-0.1, -0.05) is 19.1 Å². The van der Waals surface area contributed by atoms with Crippen molar-refractivity contribution in [3.63, 3.8) is 0 Å². The molecule has 1 aromatic rings. The van der Waals surface area contributed by atoms with Crippen LogP contribution >= 0.6 is 0 Å². The first-order chi connectivity index (χ1) is 8.58. The van der Waals surface area contributed by atoms with Crippen LogP contribution in [0.4, 0.5) is 0 Å². The summed E-state index contributed by atoms with van der Waals surface area (Å²) in [6.45, 7) is 2.57. The fraction of sp³-hybridized carbons (Fsp3) is 0.429. The van der Waals surface area contributed by atoms with Crippen LogP contribution in [0.15, 0.2) is 24.3 Å². The summed E-state index contributed by atoms with van der Waals surface area (Å²) in [6, 6.07) is 7.29. The van der Waals surface area contributed by atoms with Crippen LogP contribution < -0.4 is 5.32 Å². The smallest absolute Gasteiger partial charge is 0.251 e. The molecule has 0 unspecified atom stereocenters. The molecule has 0 radical (unpaired) electrons. The minimum absolute atomic E-state index is 0.100. The second-order valence-electron chi connectivity index (χ2n) is 4.28. The van der Waals surface area contributed by atoms with Crippen molar-refractivity contribution in [3.05, 3.63) is 35.4 Å². The van der Waals surface area contributed by atoms with Crippen LogP contribution in [0.5, 0.6) is 0 Å². The molecular weight excluding hydrogens is 228 g/mol. The molecule has 1 aromatic carbocycles. The second kappa shape index (κ2) is 6.79. The van der Waals surface area contributed by atoms with Gasteiger partial charge in [0.05, 0.1) is 0 Å². The van der Waals surface area contributed by atoms with Gasteiger partial charge in [-0.05, 0) is 24.1 Å². The molecule has 1 rings (SSSR count). The molecule has 0 aliphatic heterocycles. The summed E-state index contributed by atoms with van der Waals surface area (Å²) >= 11 is 0. The molecule has 2 amide bonds. The van der Waals surface area contributed by atoms with Gasteiger partial charge in [-0.15, -0.1) is 0 Å². The minimum Gasteiger partial charge on any atom is -0.355 e. The van der Waals surface area contributed by atoms with E-state index >= 15 is 0 Å². The number of carbonyl (C=O) groups excluding carboxylic acids is 2. The van der Waals surface area contributed by atoms with E-state index in [4.69, 9.17) is 0 Å².